The third-order valence-corrected chi connectivity index (χ3v) is 5.58. The number of rotatable bonds is 3. The van der Waals surface area contributed by atoms with Crippen molar-refractivity contribution in [2.75, 3.05) is 0 Å². The highest BCUT2D eigenvalue weighted by molar-refractivity contribution is 5.79. The highest BCUT2D eigenvalue weighted by atomic mass is 16.6. The molecule has 0 aliphatic heterocycles. The zero-order chi connectivity index (χ0) is 22.7. The van der Waals surface area contributed by atoms with Crippen LogP contribution in [0.2, 0.25) is 0 Å². The third kappa shape index (κ3) is 2.69. The first-order valence-corrected chi connectivity index (χ1v) is 9.79. The van der Waals surface area contributed by atoms with Gasteiger partial charge in [0.25, 0.3) is 11.2 Å². The smallest absolute Gasteiger partial charge is 0.279 e. The monoisotopic (exact) mass is 430 g/mol. The molecule has 5 rings (SSSR count). The first kappa shape index (κ1) is 19.5. The van der Waals surface area contributed by atoms with Crippen LogP contribution in [0.15, 0.2) is 64.3 Å². The summed E-state index contributed by atoms with van der Waals surface area (Å²) >= 11 is 0. The summed E-state index contributed by atoms with van der Waals surface area (Å²) in [5, 5.41) is 11.3. The number of non-ortho nitro benzene ring substituents is 1. The van der Waals surface area contributed by atoms with Crippen LogP contribution in [0.4, 0.5) is 5.69 Å². The van der Waals surface area contributed by atoms with E-state index in [1.807, 2.05) is 35.8 Å². The number of nitrogens with zero attached hydrogens (tertiary/aromatic N) is 6. The molecule has 3 heterocycles. The average Bonchev–Trinajstić information content (AvgIpc) is 3.32. The van der Waals surface area contributed by atoms with E-state index in [1.54, 1.807) is 29.8 Å². The lowest BCUT2D eigenvalue weighted by atomic mass is 10.1. The molecular formula is C22H18N6O4. The second-order valence-corrected chi connectivity index (χ2v) is 7.66. The van der Waals surface area contributed by atoms with Gasteiger partial charge in [-0.3, -0.25) is 33.0 Å². The molecule has 0 bridgehead atoms. The van der Waals surface area contributed by atoms with Crippen LogP contribution < -0.4 is 11.2 Å². The van der Waals surface area contributed by atoms with Crippen molar-refractivity contribution in [1.82, 2.24) is 23.1 Å². The van der Waals surface area contributed by atoms with E-state index in [1.165, 1.54) is 23.7 Å². The molecule has 0 amide bonds. The lowest BCUT2D eigenvalue weighted by Crippen LogP contribution is -2.37. The molecule has 0 N–H and O–H groups in total. The van der Waals surface area contributed by atoms with Gasteiger partial charge in [0, 0.05) is 43.7 Å². The van der Waals surface area contributed by atoms with Gasteiger partial charge in [-0.25, -0.2) is 4.79 Å². The Labute approximate surface area is 180 Å². The van der Waals surface area contributed by atoms with Crippen molar-refractivity contribution in [2.45, 2.75) is 6.92 Å². The lowest BCUT2D eigenvalue weighted by Gasteiger charge is -2.10. The Morgan fingerprint density at radius 3 is 2.47 bits per heavy atom. The highest BCUT2D eigenvalue weighted by Gasteiger charge is 2.22. The number of aromatic nitrogens is 5. The van der Waals surface area contributed by atoms with E-state index < -0.39 is 16.2 Å². The summed E-state index contributed by atoms with van der Waals surface area (Å²) in [5.74, 6) is 0.422. The van der Waals surface area contributed by atoms with Crippen LogP contribution in [0.25, 0.3) is 33.9 Å². The van der Waals surface area contributed by atoms with Crippen molar-refractivity contribution in [3.05, 3.63) is 91.2 Å². The summed E-state index contributed by atoms with van der Waals surface area (Å²) in [5.41, 5.74) is 2.55. The molecule has 10 nitrogen and oxygen atoms in total. The summed E-state index contributed by atoms with van der Waals surface area (Å²) in [4.78, 5) is 40.9. The Hall–Kier alpha value is -4.47. The fourth-order valence-electron chi connectivity index (χ4n) is 3.97. The molecule has 0 fully saturated rings. The minimum absolute atomic E-state index is 0.0414. The van der Waals surface area contributed by atoms with E-state index in [2.05, 4.69) is 4.98 Å². The van der Waals surface area contributed by atoms with Crippen LogP contribution in [0.5, 0.6) is 0 Å². The number of imidazole rings is 2. The van der Waals surface area contributed by atoms with Crippen LogP contribution in [0, 0.1) is 17.0 Å². The van der Waals surface area contributed by atoms with Crippen LogP contribution in [-0.4, -0.2) is 28.0 Å². The third-order valence-electron chi connectivity index (χ3n) is 5.58. The SMILES string of the molecule is Cc1cccc(-n2c(-c3cccc([N+](=O)[O-])c3)cn3c4c(=O)n(C)c(=O)n(C)c4nc23)c1. The second kappa shape index (κ2) is 6.77. The number of aryl methyl sites for hydroxylation is 2. The van der Waals surface area contributed by atoms with Gasteiger partial charge < -0.3 is 0 Å². The maximum atomic E-state index is 13.0. The lowest BCUT2D eigenvalue weighted by molar-refractivity contribution is -0.384. The Balaban J connectivity index is 1.96. The maximum Gasteiger partial charge on any atom is 0.332 e. The fourth-order valence-corrected chi connectivity index (χ4v) is 3.97. The van der Waals surface area contributed by atoms with Gasteiger partial charge >= 0.3 is 5.69 Å². The standard InChI is InChI=1S/C22H18N6O4/c1-13-6-4-8-15(10-13)27-17(14-7-5-9-16(11-14)28(31)32)12-26-18-19(23-21(26)27)24(2)22(30)25(3)20(18)29/h4-12H,1-3H3. The zero-order valence-electron chi connectivity index (χ0n) is 17.5. The Morgan fingerprint density at radius 1 is 1.00 bits per heavy atom. The van der Waals surface area contributed by atoms with Gasteiger partial charge in [0.15, 0.2) is 11.2 Å². The molecule has 0 saturated heterocycles. The quantitative estimate of drug-likeness (QED) is 0.323. The van der Waals surface area contributed by atoms with E-state index in [-0.39, 0.29) is 16.9 Å². The summed E-state index contributed by atoms with van der Waals surface area (Å²) in [6.45, 7) is 1.96. The maximum absolute atomic E-state index is 13.0. The zero-order valence-corrected chi connectivity index (χ0v) is 17.5. The van der Waals surface area contributed by atoms with Gasteiger partial charge in [-0.15, -0.1) is 0 Å². The molecule has 0 radical (unpaired) electrons. The molecule has 0 aliphatic carbocycles. The van der Waals surface area contributed by atoms with Crippen LogP contribution in [-0.2, 0) is 14.1 Å². The molecule has 160 valence electrons. The van der Waals surface area contributed by atoms with Crippen molar-refractivity contribution in [1.29, 1.82) is 0 Å². The van der Waals surface area contributed by atoms with Crippen molar-refractivity contribution >= 4 is 22.6 Å². The van der Waals surface area contributed by atoms with Crippen molar-refractivity contribution < 1.29 is 4.92 Å². The summed E-state index contributed by atoms with van der Waals surface area (Å²) in [7, 11) is 2.98. The highest BCUT2D eigenvalue weighted by Crippen LogP contribution is 2.30. The number of nitro benzene ring substituents is 1. The van der Waals surface area contributed by atoms with Crippen molar-refractivity contribution in [3.63, 3.8) is 0 Å². The molecule has 0 saturated carbocycles. The molecule has 0 aliphatic rings. The average molecular weight is 430 g/mol. The van der Waals surface area contributed by atoms with Crippen molar-refractivity contribution in [2.24, 2.45) is 14.1 Å². The van der Waals surface area contributed by atoms with E-state index in [4.69, 9.17) is 0 Å². The van der Waals surface area contributed by atoms with E-state index in [0.29, 0.717) is 17.0 Å². The molecule has 3 aromatic heterocycles. The second-order valence-electron chi connectivity index (χ2n) is 7.66. The molecule has 2 aromatic carbocycles. The van der Waals surface area contributed by atoms with E-state index >= 15 is 0 Å². The van der Waals surface area contributed by atoms with Gasteiger partial charge in [0.2, 0.25) is 5.78 Å². The van der Waals surface area contributed by atoms with Gasteiger partial charge in [-0.05, 0) is 24.6 Å². The van der Waals surface area contributed by atoms with Gasteiger partial charge in [-0.2, -0.15) is 4.98 Å². The number of nitro groups is 1. The van der Waals surface area contributed by atoms with Crippen LogP contribution in [0.1, 0.15) is 5.56 Å². The first-order valence-electron chi connectivity index (χ1n) is 9.79. The molecule has 0 unspecified atom stereocenters. The summed E-state index contributed by atoms with van der Waals surface area (Å²) < 4.78 is 5.83. The Morgan fingerprint density at radius 2 is 1.75 bits per heavy atom. The normalized spacial score (nSPS) is 11.5. The molecule has 32 heavy (non-hydrogen) atoms. The van der Waals surface area contributed by atoms with Crippen LogP contribution >= 0.6 is 0 Å². The predicted molar refractivity (Wildman–Crippen MR) is 119 cm³/mol. The number of hydrogen-bond acceptors (Lipinski definition) is 5. The molecule has 0 spiro atoms. The largest absolute Gasteiger partial charge is 0.332 e. The summed E-state index contributed by atoms with van der Waals surface area (Å²) in [6.07, 6.45) is 1.72. The Kier molecular flexibility index (Phi) is 4.12. The minimum atomic E-state index is -0.470. The van der Waals surface area contributed by atoms with Crippen LogP contribution in [0.3, 0.4) is 0 Å². The van der Waals surface area contributed by atoms with E-state index in [0.717, 1.165) is 15.8 Å². The number of benzene rings is 2. The predicted octanol–water partition coefficient (Wildman–Crippen LogP) is 2.56. The molecule has 0 atom stereocenters. The Bertz CT molecular complexity index is 1680. The summed E-state index contributed by atoms with van der Waals surface area (Å²) in [6, 6.07) is 14.0. The minimum Gasteiger partial charge on any atom is -0.279 e. The molecule has 5 aromatic rings. The van der Waals surface area contributed by atoms with Crippen molar-refractivity contribution in [3.8, 4) is 16.9 Å². The molecule has 10 heteroatoms. The number of fused-ring (bicyclic) bond motifs is 3. The fraction of sp³-hybridized carbons (Fsp3) is 0.136. The molecular weight excluding hydrogens is 412 g/mol. The van der Waals surface area contributed by atoms with E-state index in [9.17, 15) is 19.7 Å². The van der Waals surface area contributed by atoms with Gasteiger partial charge in [-0.1, -0.05) is 24.3 Å². The van der Waals surface area contributed by atoms with Gasteiger partial charge in [0.05, 0.1) is 10.6 Å². The topological polar surface area (TPSA) is 109 Å². The van der Waals surface area contributed by atoms with Gasteiger partial charge in [0.1, 0.15) is 0 Å². The number of hydrogen-bond donors (Lipinski definition) is 0. The first-order chi connectivity index (χ1) is 15.3.